The van der Waals surface area contributed by atoms with Gasteiger partial charge in [0.2, 0.25) is 10.0 Å². The van der Waals surface area contributed by atoms with Gasteiger partial charge in [-0.3, -0.25) is 4.99 Å². The van der Waals surface area contributed by atoms with E-state index in [0.29, 0.717) is 17.4 Å². The highest BCUT2D eigenvalue weighted by Gasteiger charge is 2.23. The van der Waals surface area contributed by atoms with E-state index in [4.69, 9.17) is 0 Å². The summed E-state index contributed by atoms with van der Waals surface area (Å²) in [4.78, 5) is 4.59. The van der Waals surface area contributed by atoms with E-state index in [1.165, 1.54) is 9.87 Å². The number of hydrogen-bond acceptors (Lipinski definition) is 3. The molecule has 0 saturated heterocycles. The number of hydrogen-bond donors (Lipinski definition) is 2. The Kier molecular flexibility index (Phi) is 10.4. The van der Waals surface area contributed by atoms with Crippen LogP contribution in [0.4, 0.5) is 0 Å². The predicted molar refractivity (Wildman–Crippen MR) is 140 cm³/mol. The molecule has 2 aromatic rings. The largest absolute Gasteiger partial charge is 0.356 e. The molecule has 2 N–H and O–H groups in total. The van der Waals surface area contributed by atoms with Gasteiger partial charge in [-0.25, -0.2) is 8.42 Å². The number of rotatable bonds is 8. The summed E-state index contributed by atoms with van der Waals surface area (Å²) < 4.78 is 26.5. The van der Waals surface area contributed by atoms with Gasteiger partial charge in [-0.15, -0.1) is 24.0 Å². The first-order valence-corrected chi connectivity index (χ1v) is 11.6. The summed E-state index contributed by atoms with van der Waals surface area (Å²) in [5.74, 6) is 0.704. The Morgan fingerprint density at radius 3 is 2.13 bits per heavy atom. The molecule has 0 unspecified atom stereocenters. The molecular formula is C23H35IN4O2S. The molecule has 0 fully saturated rings. The molecule has 0 aliphatic heterocycles. The van der Waals surface area contributed by atoms with Crippen LogP contribution in [0.5, 0.6) is 0 Å². The number of benzene rings is 2. The van der Waals surface area contributed by atoms with Gasteiger partial charge in [-0.05, 0) is 37.1 Å². The summed E-state index contributed by atoms with van der Waals surface area (Å²) in [5.41, 5.74) is 2.19. The lowest BCUT2D eigenvalue weighted by Crippen LogP contribution is -2.43. The molecule has 0 bridgehead atoms. The lowest BCUT2D eigenvalue weighted by Gasteiger charge is -2.26. The minimum Gasteiger partial charge on any atom is -0.356 e. The van der Waals surface area contributed by atoms with Crippen LogP contribution in [0, 0.1) is 0 Å². The molecule has 0 heterocycles. The minimum atomic E-state index is -3.47. The van der Waals surface area contributed by atoms with Crippen LogP contribution in [-0.2, 0) is 22.0 Å². The SMILES string of the molecule is CN=C(NCc1ccc(S(=O)(=O)N(C)C(C)C)cc1)NCC(C)(C)c1ccccc1.I. The van der Waals surface area contributed by atoms with Crippen LogP contribution in [0.1, 0.15) is 38.8 Å². The second-order valence-corrected chi connectivity index (χ2v) is 10.3. The zero-order valence-corrected chi connectivity index (χ0v) is 22.4. The van der Waals surface area contributed by atoms with E-state index < -0.39 is 10.0 Å². The smallest absolute Gasteiger partial charge is 0.243 e. The molecule has 0 radical (unpaired) electrons. The molecule has 0 spiro atoms. The first-order valence-electron chi connectivity index (χ1n) is 10.1. The standard InChI is InChI=1S/C23H34N4O2S.HI/c1-18(2)27(6)30(28,29)21-14-12-19(13-15-21)16-25-22(24-5)26-17-23(3,4)20-10-8-7-9-11-20;/h7-15,18H,16-17H2,1-6H3,(H2,24,25,26);1H. The average Bonchev–Trinajstić information content (AvgIpc) is 2.74. The van der Waals surface area contributed by atoms with Gasteiger partial charge in [-0.1, -0.05) is 56.3 Å². The van der Waals surface area contributed by atoms with E-state index in [2.05, 4.69) is 41.6 Å². The first kappa shape index (κ1) is 27.4. The maximum absolute atomic E-state index is 12.6. The van der Waals surface area contributed by atoms with Crippen LogP contribution in [0.15, 0.2) is 64.5 Å². The van der Waals surface area contributed by atoms with Crippen molar-refractivity contribution in [2.45, 2.75) is 50.6 Å². The van der Waals surface area contributed by atoms with Gasteiger partial charge in [0, 0.05) is 38.6 Å². The van der Waals surface area contributed by atoms with Crippen LogP contribution in [0.25, 0.3) is 0 Å². The van der Waals surface area contributed by atoms with Crippen molar-refractivity contribution < 1.29 is 8.42 Å². The van der Waals surface area contributed by atoms with Crippen molar-refractivity contribution in [3.05, 3.63) is 65.7 Å². The Morgan fingerprint density at radius 2 is 1.61 bits per heavy atom. The van der Waals surface area contributed by atoms with Gasteiger partial charge in [0.15, 0.2) is 5.96 Å². The second kappa shape index (κ2) is 11.8. The van der Waals surface area contributed by atoms with E-state index >= 15 is 0 Å². The van der Waals surface area contributed by atoms with Gasteiger partial charge < -0.3 is 10.6 Å². The quantitative estimate of drug-likeness (QED) is 0.292. The van der Waals surface area contributed by atoms with Crippen molar-refractivity contribution in [3.63, 3.8) is 0 Å². The van der Waals surface area contributed by atoms with E-state index in [9.17, 15) is 8.42 Å². The lowest BCUT2D eigenvalue weighted by atomic mass is 9.85. The molecule has 6 nitrogen and oxygen atoms in total. The number of sulfonamides is 1. The maximum atomic E-state index is 12.6. The number of guanidine groups is 1. The van der Waals surface area contributed by atoms with E-state index in [0.717, 1.165) is 12.1 Å². The third-order valence-electron chi connectivity index (χ3n) is 5.26. The van der Waals surface area contributed by atoms with Gasteiger partial charge in [0.25, 0.3) is 0 Å². The number of nitrogens with zero attached hydrogens (tertiary/aromatic N) is 2. The highest BCUT2D eigenvalue weighted by atomic mass is 127. The van der Waals surface area contributed by atoms with Crippen LogP contribution >= 0.6 is 24.0 Å². The molecule has 0 atom stereocenters. The van der Waals surface area contributed by atoms with Crippen molar-refractivity contribution in [1.29, 1.82) is 0 Å². The number of aliphatic imine (C=N–C) groups is 1. The number of halogens is 1. The monoisotopic (exact) mass is 558 g/mol. The van der Waals surface area contributed by atoms with Crippen LogP contribution in [0.2, 0.25) is 0 Å². The Labute approximate surface area is 204 Å². The average molecular weight is 559 g/mol. The molecule has 2 rings (SSSR count). The molecule has 8 heteroatoms. The van der Waals surface area contributed by atoms with Gasteiger partial charge in [0.05, 0.1) is 4.90 Å². The fraction of sp³-hybridized carbons (Fsp3) is 0.435. The Balaban J connectivity index is 0.00000480. The van der Waals surface area contributed by atoms with Crippen molar-refractivity contribution in [1.82, 2.24) is 14.9 Å². The fourth-order valence-electron chi connectivity index (χ4n) is 2.93. The first-order chi connectivity index (χ1) is 14.1. The normalized spacial score (nSPS) is 12.6. The van der Waals surface area contributed by atoms with Crippen molar-refractivity contribution in [2.75, 3.05) is 20.6 Å². The van der Waals surface area contributed by atoms with Gasteiger partial charge in [0.1, 0.15) is 0 Å². The fourth-order valence-corrected chi connectivity index (χ4v) is 4.29. The van der Waals surface area contributed by atoms with Gasteiger partial charge in [-0.2, -0.15) is 4.31 Å². The summed E-state index contributed by atoms with van der Waals surface area (Å²) in [6, 6.07) is 17.2. The van der Waals surface area contributed by atoms with Gasteiger partial charge >= 0.3 is 0 Å². The Hall–Kier alpha value is -1.65. The molecular weight excluding hydrogens is 523 g/mol. The van der Waals surface area contributed by atoms with Crippen LogP contribution in [-0.4, -0.2) is 45.4 Å². The summed E-state index contributed by atoms with van der Waals surface area (Å²) in [5, 5.41) is 6.67. The molecule has 0 aromatic heterocycles. The molecule has 2 aromatic carbocycles. The summed E-state index contributed by atoms with van der Waals surface area (Å²) in [6.07, 6.45) is 0. The third kappa shape index (κ3) is 7.47. The van der Waals surface area contributed by atoms with Crippen molar-refractivity contribution >= 4 is 40.0 Å². The summed E-state index contributed by atoms with van der Waals surface area (Å²) >= 11 is 0. The summed E-state index contributed by atoms with van der Waals surface area (Å²) in [6.45, 7) is 9.37. The highest BCUT2D eigenvalue weighted by Crippen LogP contribution is 2.21. The third-order valence-corrected chi connectivity index (χ3v) is 7.31. The summed E-state index contributed by atoms with van der Waals surface area (Å²) in [7, 11) is -0.128. The Morgan fingerprint density at radius 1 is 1.03 bits per heavy atom. The highest BCUT2D eigenvalue weighted by molar-refractivity contribution is 14.0. The molecule has 31 heavy (non-hydrogen) atoms. The predicted octanol–water partition coefficient (Wildman–Crippen LogP) is 3.98. The maximum Gasteiger partial charge on any atom is 0.243 e. The van der Waals surface area contributed by atoms with E-state index in [1.54, 1.807) is 26.2 Å². The molecule has 0 aliphatic carbocycles. The van der Waals surface area contributed by atoms with Crippen molar-refractivity contribution in [3.8, 4) is 0 Å². The molecule has 0 aliphatic rings. The van der Waals surface area contributed by atoms with E-state index in [1.807, 2.05) is 44.2 Å². The Bertz CT molecular complexity index is 943. The van der Waals surface area contributed by atoms with Crippen LogP contribution in [0.3, 0.4) is 0 Å². The zero-order chi connectivity index (χ0) is 22.4. The molecule has 0 saturated carbocycles. The molecule has 172 valence electrons. The minimum absolute atomic E-state index is 0. The van der Waals surface area contributed by atoms with Crippen molar-refractivity contribution in [2.24, 2.45) is 4.99 Å². The molecule has 0 amide bonds. The van der Waals surface area contributed by atoms with Crippen LogP contribution < -0.4 is 10.6 Å². The second-order valence-electron chi connectivity index (χ2n) is 8.29. The number of nitrogens with one attached hydrogen (secondary N) is 2. The lowest BCUT2D eigenvalue weighted by molar-refractivity contribution is 0.410. The zero-order valence-electron chi connectivity index (χ0n) is 19.2. The topological polar surface area (TPSA) is 73.8 Å². The van der Waals surface area contributed by atoms with E-state index in [-0.39, 0.29) is 35.4 Å².